The van der Waals surface area contributed by atoms with Gasteiger partial charge in [-0.05, 0) is 30.2 Å². The van der Waals surface area contributed by atoms with Gasteiger partial charge < -0.3 is 15.6 Å². The van der Waals surface area contributed by atoms with Gasteiger partial charge in [0.1, 0.15) is 5.75 Å². The number of hydrogen-bond acceptors (Lipinski definition) is 5. The summed E-state index contributed by atoms with van der Waals surface area (Å²) in [7, 11) is 0. The summed E-state index contributed by atoms with van der Waals surface area (Å²) in [6, 6.07) is 6.20. The van der Waals surface area contributed by atoms with Gasteiger partial charge in [0.05, 0.1) is 11.3 Å². The van der Waals surface area contributed by atoms with Gasteiger partial charge in [-0.25, -0.2) is 0 Å². The number of benzene rings is 1. The largest absolute Gasteiger partial charge is 0.481 e. The SMILES string of the molecule is C=C/C=C(NSCC(=O)O)\C(=C\C(N)=O)C(=O)c1cccc(Cl)c1. The van der Waals surface area contributed by atoms with Gasteiger partial charge in [-0.3, -0.25) is 14.4 Å². The number of allylic oxidation sites excluding steroid dienone is 3. The van der Waals surface area contributed by atoms with Gasteiger partial charge in [0.25, 0.3) is 0 Å². The molecule has 0 saturated carbocycles. The van der Waals surface area contributed by atoms with E-state index in [1.54, 1.807) is 18.2 Å². The average Bonchev–Trinajstić information content (AvgIpc) is 2.51. The Morgan fingerprint density at radius 1 is 1.38 bits per heavy atom. The summed E-state index contributed by atoms with van der Waals surface area (Å²) in [5.74, 6) is -2.59. The molecule has 0 aliphatic carbocycles. The summed E-state index contributed by atoms with van der Waals surface area (Å²) in [5.41, 5.74) is 5.62. The molecule has 0 spiro atoms. The van der Waals surface area contributed by atoms with Crippen LogP contribution in [0.1, 0.15) is 10.4 Å². The average molecular weight is 367 g/mol. The number of aliphatic carboxylic acids is 1. The van der Waals surface area contributed by atoms with Gasteiger partial charge in [-0.1, -0.05) is 36.4 Å². The fraction of sp³-hybridized carbons (Fsp3) is 0.0625. The summed E-state index contributed by atoms with van der Waals surface area (Å²) < 4.78 is 2.72. The van der Waals surface area contributed by atoms with Crippen LogP contribution in [0.3, 0.4) is 0 Å². The van der Waals surface area contributed by atoms with Crippen molar-refractivity contribution < 1.29 is 19.5 Å². The molecule has 8 heteroatoms. The highest BCUT2D eigenvalue weighted by atomic mass is 35.5. The van der Waals surface area contributed by atoms with Crippen molar-refractivity contribution in [2.24, 2.45) is 5.73 Å². The zero-order valence-corrected chi connectivity index (χ0v) is 14.1. The van der Waals surface area contributed by atoms with Crippen LogP contribution in [0, 0.1) is 0 Å². The van der Waals surface area contributed by atoms with Gasteiger partial charge in [0.15, 0.2) is 5.78 Å². The molecule has 0 radical (unpaired) electrons. The Kier molecular flexibility index (Phi) is 7.81. The van der Waals surface area contributed by atoms with Crippen LogP contribution in [0.4, 0.5) is 0 Å². The van der Waals surface area contributed by atoms with Crippen molar-refractivity contribution in [3.63, 3.8) is 0 Å². The zero-order valence-electron chi connectivity index (χ0n) is 12.5. The first kappa shape index (κ1) is 19.5. The van der Waals surface area contributed by atoms with Crippen molar-refractivity contribution in [1.29, 1.82) is 0 Å². The highest BCUT2D eigenvalue weighted by molar-refractivity contribution is 7.98. The molecule has 1 rings (SSSR count). The van der Waals surface area contributed by atoms with Crippen LogP contribution in [0.2, 0.25) is 5.02 Å². The lowest BCUT2D eigenvalue weighted by atomic mass is 10.00. The first-order valence-corrected chi connectivity index (χ1v) is 7.95. The van der Waals surface area contributed by atoms with Crippen LogP contribution in [0.5, 0.6) is 0 Å². The standard InChI is InChI=1S/C16H15ClN2O4S/c1-2-4-13(19-24-9-15(21)22)12(8-14(18)20)16(23)10-5-3-6-11(17)7-10/h2-8,19H,1,9H2,(H2,18,20)(H,21,22)/b12-8-,13-4+. The van der Waals surface area contributed by atoms with E-state index in [1.165, 1.54) is 18.2 Å². The first-order chi connectivity index (χ1) is 11.3. The minimum absolute atomic E-state index is 0.0254. The maximum atomic E-state index is 12.7. The molecule has 0 aliphatic rings. The molecule has 0 unspecified atom stereocenters. The minimum atomic E-state index is -1.04. The molecule has 0 aliphatic heterocycles. The van der Waals surface area contributed by atoms with E-state index in [4.69, 9.17) is 22.4 Å². The highest BCUT2D eigenvalue weighted by Crippen LogP contribution is 2.19. The van der Waals surface area contributed by atoms with Crippen LogP contribution in [-0.4, -0.2) is 28.5 Å². The molecular formula is C16H15ClN2O4S. The van der Waals surface area contributed by atoms with Crippen molar-refractivity contribution in [3.8, 4) is 0 Å². The molecule has 0 saturated heterocycles. The van der Waals surface area contributed by atoms with Crippen molar-refractivity contribution in [2.45, 2.75) is 0 Å². The number of halogens is 1. The second-order valence-electron chi connectivity index (χ2n) is 4.40. The van der Waals surface area contributed by atoms with Crippen molar-refractivity contribution in [2.75, 3.05) is 5.75 Å². The molecule has 126 valence electrons. The van der Waals surface area contributed by atoms with E-state index in [-0.39, 0.29) is 22.6 Å². The van der Waals surface area contributed by atoms with E-state index in [0.717, 1.165) is 18.0 Å². The third kappa shape index (κ3) is 6.31. The fourth-order valence-electron chi connectivity index (χ4n) is 1.67. The first-order valence-electron chi connectivity index (χ1n) is 6.59. The van der Waals surface area contributed by atoms with Gasteiger partial charge in [0.2, 0.25) is 5.91 Å². The highest BCUT2D eigenvalue weighted by Gasteiger charge is 2.18. The Bertz CT molecular complexity index is 729. The summed E-state index contributed by atoms with van der Waals surface area (Å²) >= 11 is 6.72. The van der Waals surface area contributed by atoms with Gasteiger partial charge in [0, 0.05) is 16.7 Å². The van der Waals surface area contributed by atoms with Gasteiger partial charge in [-0.15, -0.1) is 0 Å². The minimum Gasteiger partial charge on any atom is -0.481 e. The molecule has 6 nitrogen and oxygen atoms in total. The summed E-state index contributed by atoms with van der Waals surface area (Å²) in [6.45, 7) is 3.53. The summed E-state index contributed by atoms with van der Waals surface area (Å²) in [4.78, 5) is 34.6. The van der Waals surface area contributed by atoms with E-state index >= 15 is 0 Å². The Hall–Kier alpha value is -2.51. The second kappa shape index (κ2) is 9.59. The Balaban J connectivity index is 3.20. The molecule has 0 atom stereocenters. The molecule has 1 aromatic carbocycles. The number of carbonyl (C=O) groups is 3. The third-order valence-electron chi connectivity index (χ3n) is 2.57. The number of nitrogens with two attached hydrogens (primary N) is 1. The van der Waals surface area contributed by atoms with Crippen LogP contribution < -0.4 is 10.5 Å². The normalized spacial score (nSPS) is 11.7. The molecule has 1 amide bonds. The van der Waals surface area contributed by atoms with Crippen molar-refractivity contribution in [1.82, 2.24) is 4.72 Å². The van der Waals surface area contributed by atoms with Crippen LogP contribution in [0.15, 0.2) is 60.3 Å². The van der Waals surface area contributed by atoms with Crippen molar-refractivity contribution in [3.05, 3.63) is 70.9 Å². The van der Waals surface area contributed by atoms with E-state index < -0.39 is 17.7 Å². The molecular weight excluding hydrogens is 352 g/mol. The molecule has 0 bridgehead atoms. The number of nitrogens with one attached hydrogen (secondary N) is 1. The second-order valence-corrected chi connectivity index (χ2v) is 5.62. The number of carbonyl (C=O) groups excluding carboxylic acids is 2. The van der Waals surface area contributed by atoms with E-state index in [0.29, 0.717) is 5.02 Å². The Labute approximate surface area is 148 Å². The maximum absolute atomic E-state index is 12.7. The van der Waals surface area contributed by atoms with E-state index in [2.05, 4.69) is 11.3 Å². The van der Waals surface area contributed by atoms with Crippen LogP contribution in [0.25, 0.3) is 0 Å². The van der Waals surface area contributed by atoms with Gasteiger partial charge in [-0.2, -0.15) is 0 Å². The summed E-state index contributed by atoms with van der Waals surface area (Å²) in [6.07, 6.45) is 3.79. The number of amides is 1. The van der Waals surface area contributed by atoms with Crippen LogP contribution >= 0.6 is 23.5 Å². The third-order valence-corrected chi connectivity index (χ3v) is 3.56. The molecule has 0 heterocycles. The Morgan fingerprint density at radius 3 is 2.62 bits per heavy atom. The quantitative estimate of drug-likeness (QED) is 0.268. The lowest BCUT2D eigenvalue weighted by Gasteiger charge is -2.12. The molecule has 24 heavy (non-hydrogen) atoms. The van der Waals surface area contributed by atoms with Crippen LogP contribution in [-0.2, 0) is 9.59 Å². The predicted octanol–water partition coefficient (Wildman–Crippen LogP) is 2.33. The molecule has 4 N–H and O–H groups in total. The number of hydrogen-bond donors (Lipinski definition) is 3. The van der Waals surface area contributed by atoms with E-state index in [1.807, 2.05) is 0 Å². The lowest BCUT2D eigenvalue weighted by molar-refractivity contribution is -0.133. The fourth-order valence-corrected chi connectivity index (χ4v) is 2.38. The maximum Gasteiger partial charge on any atom is 0.315 e. The summed E-state index contributed by atoms with van der Waals surface area (Å²) in [5, 5.41) is 9.05. The topological polar surface area (TPSA) is 109 Å². The van der Waals surface area contributed by atoms with Crippen molar-refractivity contribution >= 4 is 41.2 Å². The molecule has 0 fully saturated rings. The Morgan fingerprint density at radius 2 is 2.08 bits per heavy atom. The number of rotatable bonds is 9. The number of ketones is 1. The number of carboxylic acid groups (broad SMARTS) is 1. The number of primary amides is 1. The van der Waals surface area contributed by atoms with E-state index in [9.17, 15) is 14.4 Å². The molecule has 0 aromatic heterocycles. The lowest BCUT2D eigenvalue weighted by Crippen LogP contribution is -2.19. The monoisotopic (exact) mass is 366 g/mol. The molecule has 1 aromatic rings. The smallest absolute Gasteiger partial charge is 0.315 e. The zero-order chi connectivity index (χ0) is 18.1. The number of Topliss-reactive ketones (excluding diaryl/α,β-unsaturated/α-hetero) is 1. The predicted molar refractivity (Wildman–Crippen MR) is 94.6 cm³/mol. The number of carboxylic acids is 1. The van der Waals surface area contributed by atoms with Gasteiger partial charge >= 0.3 is 5.97 Å².